The van der Waals surface area contributed by atoms with Crippen molar-refractivity contribution in [3.05, 3.63) is 23.8 Å². The van der Waals surface area contributed by atoms with E-state index < -0.39 is 47.0 Å². The van der Waals surface area contributed by atoms with Gasteiger partial charge in [-0.05, 0) is 83.9 Å². The van der Waals surface area contributed by atoms with E-state index in [9.17, 15) is 19.2 Å². The Hall–Kier alpha value is -3.14. The molecule has 2 atom stereocenters. The second kappa shape index (κ2) is 15.6. The van der Waals surface area contributed by atoms with Crippen molar-refractivity contribution in [2.45, 2.75) is 100 Å². The summed E-state index contributed by atoms with van der Waals surface area (Å²) in [6.07, 6.45) is 0.314. The van der Waals surface area contributed by atoms with Gasteiger partial charge in [0.1, 0.15) is 18.8 Å². The van der Waals surface area contributed by atoms with E-state index in [1.165, 1.54) is 12.1 Å². The molecular formula is C30H47NO9. The first-order valence-electron chi connectivity index (χ1n) is 13.9. The molecule has 1 aromatic rings. The molecule has 0 aliphatic rings. The third-order valence-electron chi connectivity index (χ3n) is 6.72. The lowest BCUT2D eigenvalue weighted by Gasteiger charge is -2.23. The number of benzene rings is 1. The Kier molecular flexibility index (Phi) is 13.6. The molecule has 10 heteroatoms. The predicted octanol–water partition coefficient (Wildman–Crippen LogP) is 5.37. The monoisotopic (exact) mass is 565 g/mol. The summed E-state index contributed by atoms with van der Waals surface area (Å²) in [5.41, 5.74) is 5.13. The van der Waals surface area contributed by atoms with Crippen LogP contribution in [0.25, 0.3) is 0 Å². The maximum absolute atomic E-state index is 12.8. The zero-order valence-corrected chi connectivity index (χ0v) is 25.5. The zero-order valence-electron chi connectivity index (χ0n) is 25.5. The van der Waals surface area contributed by atoms with Crippen molar-refractivity contribution in [3.63, 3.8) is 0 Å². The highest BCUT2D eigenvalue weighted by atomic mass is 16.7. The fourth-order valence-electron chi connectivity index (χ4n) is 2.86. The van der Waals surface area contributed by atoms with Gasteiger partial charge < -0.3 is 29.4 Å². The highest BCUT2D eigenvalue weighted by Crippen LogP contribution is 2.34. The summed E-state index contributed by atoms with van der Waals surface area (Å²) < 4.78 is 26.5. The van der Waals surface area contributed by atoms with Crippen molar-refractivity contribution in [1.29, 1.82) is 0 Å². The second-order valence-corrected chi connectivity index (χ2v) is 11.7. The number of hydrogen-bond donors (Lipinski definition) is 1. The Bertz CT molecular complexity index is 1020. The van der Waals surface area contributed by atoms with Crippen LogP contribution in [-0.4, -0.2) is 49.4 Å². The summed E-state index contributed by atoms with van der Waals surface area (Å²) in [5.74, 6) is -1.11. The lowest BCUT2D eigenvalue weighted by Crippen LogP contribution is -2.36. The van der Waals surface area contributed by atoms with Gasteiger partial charge in [-0.15, -0.1) is 0 Å². The summed E-state index contributed by atoms with van der Waals surface area (Å²) in [7, 11) is 0. The molecule has 0 saturated carbocycles. The lowest BCUT2D eigenvalue weighted by molar-refractivity contribution is -0.148. The smallest absolute Gasteiger partial charge is 0.461 e. The first-order valence-corrected chi connectivity index (χ1v) is 13.9. The standard InChI is InChI=1S/C30H47NO9/c1-10-29(6,7)26(33)39-23-13-12-21(17-24(23)40-27(34)30(8,9)11-2)16-22(31)25(32)37-18-20(5)38-28(35)36-15-14-19(3)4/h12-13,17,19-20,22H,10-11,14-16,18,31H2,1-9H3/t20-,22-/m0/s1. The van der Waals surface area contributed by atoms with Gasteiger partial charge in [-0.2, -0.15) is 0 Å². The van der Waals surface area contributed by atoms with Crippen LogP contribution >= 0.6 is 0 Å². The molecule has 2 N–H and O–H groups in total. The largest absolute Gasteiger partial charge is 0.508 e. The molecule has 0 amide bonds. The molecule has 0 aliphatic heterocycles. The quantitative estimate of drug-likeness (QED) is 0.218. The van der Waals surface area contributed by atoms with E-state index in [2.05, 4.69) is 0 Å². The molecule has 0 bridgehead atoms. The van der Waals surface area contributed by atoms with Crippen LogP contribution in [0.5, 0.6) is 11.5 Å². The Balaban J connectivity index is 2.90. The molecule has 0 radical (unpaired) electrons. The minimum atomic E-state index is -1.05. The number of ether oxygens (including phenoxy) is 5. The van der Waals surface area contributed by atoms with Crippen molar-refractivity contribution < 1.29 is 42.9 Å². The van der Waals surface area contributed by atoms with Gasteiger partial charge in [0.2, 0.25) is 0 Å². The van der Waals surface area contributed by atoms with Gasteiger partial charge in [0.05, 0.1) is 17.4 Å². The van der Waals surface area contributed by atoms with Gasteiger partial charge in [0.25, 0.3) is 0 Å². The number of hydrogen-bond acceptors (Lipinski definition) is 10. The molecular weight excluding hydrogens is 518 g/mol. The average molecular weight is 566 g/mol. The number of esters is 3. The van der Waals surface area contributed by atoms with Crippen LogP contribution in [0.15, 0.2) is 18.2 Å². The molecule has 0 fully saturated rings. The predicted molar refractivity (Wildman–Crippen MR) is 150 cm³/mol. The molecule has 0 aromatic heterocycles. The molecule has 0 spiro atoms. The molecule has 0 heterocycles. The normalized spacial score (nSPS) is 13.3. The summed E-state index contributed by atoms with van der Waals surface area (Å²) in [6.45, 7) is 16.4. The van der Waals surface area contributed by atoms with Crippen LogP contribution in [0.1, 0.15) is 87.1 Å². The van der Waals surface area contributed by atoms with Gasteiger partial charge >= 0.3 is 24.1 Å². The van der Waals surface area contributed by atoms with E-state index in [0.29, 0.717) is 30.7 Å². The molecule has 0 aliphatic carbocycles. The first-order chi connectivity index (χ1) is 18.5. The molecule has 1 rings (SSSR count). The van der Waals surface area contributed by atoms with Crippen LogP contribution in [0, 0.1) is 16.7 Å². The molecule has 10 nitrogen and oxygen atoms in total. The van der Waals surface area contributed by atoms with Gasteiger partial charge in [0.15, 0.2) is 11.5 Å². The van der Waals surface area contributed by atoms with E-state index in [-0.39, 0.29) is 31.1 Å². The Morgan fingerprint density at radius 1 is 0.850 bits per heavy atom. The molecule has 40 heavy (non-hydrogen) atoms. The van der Waals surface area contributed by atoms with Crippen molar-refractivity contribution in [3.8, 4) is 11.5 Å². The number of carbonyl (C=O) groups excluding carboxylic acids is 4. The lowest BCUT2D eigenvalue weighted by atomic mass is 9.90. The van der Waals surface area contributed by atoms with Crippen LogP contribution in [0.4, 0.5) is 4.79 Å². The van der Waals surface area contributed by atoms with E-state index in [1.54, 1.807) is 40.7 Å². The highest BCUT2D eigenvalue weighted by Gasteiger charge is 2.31. The van der Waals surface area contributed by atoms with Crippen molar-refractivity contribution >= 4 is 24.1 Å². The summed E-state index contributed by atoms with van der Waals surface area (Å²) in [5, 5.41) is 0. The molecule has 1 aromatic carbocycles. The topological polar surface area (TPSA) is 140 Å². The number of nitrogens with two attached hydrogens (primary N) is 1. The van der Waals surface area contributed by atoms with Crippen molar-refractivity contribution in [2.75, 3.05) is 13.2 Å². The van der Waals surface area contributed by atoms with Crippen LogP contribution in [0.2, 0.25) is 0 Å². The van der Waals surface area contributed by atoms with Crippen LogP contribution in [-0.2, 0) is 35.0 Å². The van der Waals surface area contributed by atoms with E-state index >= 15 is 0 Å². The highest BCUT2D eigenvalue weighted by molar-refractivity contribution is 5.81. The fourth-order valence-corrected chi connectivity index (χ4v) is 2.86. The maximum Gasteiger partial charge on any atom is 0.508 e. The van der Waals surface area contributed by atoms with E-state index in [1.807, 2.05) is 27.7 Å². The molecule has 0 saturated heterocycles. The third-order valence-corrected chi connectivity index (χ3v) is 6.72. The minimum absolute atomic E-state index is 0.0573. The minimum Gasteiger partial charge on any atom is -0.461 e. The second-order valence-electron chi connectivity index (χ2n) is 11.7. The first kappa shape index (κ1) is 34.9. The average Bonchev–Trinajstić information content (AvgIpc) is 2.88. The van der Waals surface area contributed by atoms with Gasteiger partial charge in [-0.25, -0.2) is 4.79 Å². The molecule has 226 valence electrons. The van der Waals surface area contributed by atoms with Crippen LogP contribution in [0.3, 0.4) is 0 Å². The zero-order chi connectivity index (χ0) is 30.7. The summed E-state index contributed by atoms with van der Waals surface area (Å²) >= 11 is 0. The maximum atomic E-state index is 12.8. The van der Waals surface area contributed by atoms with Gasteiger partial charge in [-0.1, -0.05) is 33.8 Å². The summed E-state index contributed by atoms with van der Waals surface area (Å²) in [4.78, 5) is 49.7. The van der Waals surface area contributed by atoms with Crippen molar-refractivity contribution in [1.82, 2.24) is 0 Å². The number of carbonyl (C=O) groups is 4. The number of rotatable bonds is 15. The van der Waals surface area contributed by atoms with Gasteiger partial charge in [-0.3, -0.25) is 14.4 Å². The Morgan fingerprint density at radius 3 is 1.93 bits per heavy atom. The SMILES string of the molecule is CCC(C)(C)C(=O)Oc1ccc(C[C@H](N)C(=O)OC[C@H](C)OC(=O)OCCC(C)C)cc1OC(=O)C(C)(C)CC. The molecule has 0 unspecified atom stereocenters. The fraction of sp³-hybridized carbons (Fsp3) is 0.667. The Labute approximate surface area is 238 Å². The Morgan fingerprint density at radius 2 is 1.40 bits per heavy atom. The van der Waals surface area contributed by atoms with E-state index in [0.717, 1.165) is 0 Å². The van der Waals surface area contributed by atoms with E-state index in [4.69, 9.17) is 29.4 Å². The summed E-state index contributed by atoms with van der Waals surface area (Å²) in [6, 6.07) is 3.63. The van der Waals surface area contributed by atoms with Crippen LogP contribution < -0.4 is 15.2 Å². The van der Waals surface area contributed by atoms with Gasteiger partial charge in [0, 0.05) is 0 Å². The third kappa shape index (κ3) is 11.5. The van der Waals surface area contributed by atoms with Crippen molar-refractivity contribution in [2.24, 2.45) is 22.5 Å².